The van der Waals surface area contributed by atoms with Gasteiger partial charge in [0, 0.05) is 12.8 Å². The Morgan fingerprint density at radius 3 is 1.28 bits per heavy atom. The maximum absolute atomic E-state index is 12.7. The molecule has 0 bridgehead atoms. The highest BCUT2D eigenvalue weighted by Crippen LogP contribution is 2.43. The first kappa shape index (κ1) is 59.5. The number of carbonyl (C=O) groups is 2. The van der Waals surface area contributed by atoms with Crippen molar-refractivity contribution in [1.29, 1.82) is 0 Å². The highest BCUT2D eigenvalue weighted by atomic mass is 31.2. The van der Waals surface area contributed by atoms with Gasteiger partial charge in [-0.1, -0.05) is 212 Å². The van der Waals surface area contributed by atoms with Gasteiger partial charge in [-0.3, -0.25) is 18.6 Å². The van der Waals surface area contributed by atoms with E-state index in [0.29, 0.717) is 23.9 Å². The first-order valence-electron chi connectivity index (χ1n) is 25.6. The van der Waals surface area contributed by atoms with E-state index < -0.39 is 26.5 Å². The van der Waals surface area contributed by atoms with Crippen molar-refractivity contribution in [2.24, 2.45) is 0 Å². The molecule has 10 heteroatoms. The van der Waals surface area contributed by atoms with Crippen molar-refractivity contribution >= 4 is 19.8 Å². The summed E-state index contributed by atoms with van der Waals surface area (Å²) in [7, 11) is 1.47. The summed E-state index contributed by atoms with van der Waals surface area (Å²) in [6.07, 6.45) is 49.5. The second kappa shape index (κ2) is 43.7. The second-order valence-electron chi connectivity index (χ2n) is 18.6. The average Bonchev–Trinajstić information content (AvgIpc) is 3.21. The van der Waals surface area contributed by atoms with E-state index in [1.807, 2.05) is 21.1 Å². The van der Waals surface area contributed by atoms with Crippen molar-refractivity contribution in [1.82, 2.24) is 0 Å². The number of ether oxygens (including phenoxy) is 2. The van der Waals surface area contributed by atoms with Crippen LogP contribution in [0.5, 0.6) is 0 Å². The largest absolute Gasteiger partial charge is 0.472 e. The Morgan fingerprint density at radius 1 is 0.508 bits per heavy atom. The Balaban J connectivity index is 4.20. The van der Waals surface area contributed by atoms with E-state index in [4.69, 9.17) is 18.5 Å². The van der Waals surface area contributed by atoms with Crippen LogP contribution < -0.4 is 0 Å². The topological polar surface area (TPSA) is 108 Å². The zero-order valence-electron chi connectivity index (χ0n) is 40.7. The molecule has 0 fully saturated rings. The van der Waals surface area contributed by atoms with Crippen molar-refractivity contribution in [2.45, 2.75) is 245 Å². The van der Waals surface area contributed by atoms with Crippen LogP contribution in [0.25, 0.3) is 0 Å². The van der Waals surface area contributed by atoms with Gasteiger partial charge >= 0.3 is 19.8 Å². The van der Waals surface area contributed by atoms with Crippen LogP contribution in [-0.4, -0.2) is 74.9 Å². The van der Waals surface area contributed by atoms with Crippen LogP contribution in [-0.2, 0) is 32.7 Å². The Bertz CT molecular complexity index is 1090. The van der Waals surface area contributed by atoms with E-state index in [0.717, 1.165) is 57.8 Å². The molecule has 0 amide bonds. The normalized spacial score (nSPS) is 13.6. The molecule has 0 spiro atoms. The lowest BCUT2D eigenvalue weighted by atomic mass is 10.0. The average molecular weight is 885 g/mol. The van der Waals surface area contributed by atoms with Gasteiger partial charge < -0.3 is 18.9 Å². The van der Waals surface area contributed by atoms with Crippen molar-refractivity contribution < 1.29 is 42.1 Å². The molecule has 0 aliphatic heterocycles. The zero-order valence-corrected chi connectivity index (χ0v) is 41.6. The fraction of sp³-hybridized carbons (Fsp3) is 0.882. The predicted octanol–water partition coefficient (Wildman–Crippen LogP) is 15.1. The lowest BCUT2D eigenvalue weighted by Crippen LogP contribution is -2.37. The number of likely N-dealkylation sites (N-methyl/N-ethyl adjacent to an activating group) is 1. The van der Waals surface area contributed by atoms with E-state index in [1.54, 1.807) is 0 Å². The molecular formula is C51H99NO8P+. The molecule has 0 heterocycles. The Kier molecular flexibility index (Phi) is 42.6. The highest BCUT2D eigenvalue weighted by Gasteiger charge is 2.27. The maximum Gasteiger partial charge on any atom is 0.472 e. The summed E-state index contributed by atoms with van der Waals surface area (Å²) in [6.45, 7) is 4.42. The molecule has 0 saturated carbocycles. The Labute approximate surface area is 377 Å². The van der Waals surface area contributed by atoms with Crippen LogP contribution in [0.1, 0.15) is 239 Å². The van der Waals surface area contributed by atoms with E-state index in [-0.39, 0.29) is 25.6 Å². The monoisotopic (exact) mass is 885 g/mol. The van der Waals surface area contributed by atoms with Gasteiger partial charge in [-0.05, 0) is 38.5 Å². The number of hydrogen-bond donors (Lipinski definition) is 1. The van der Waals surface area contributed by atoms with Crippen LogP contribution in [0.2, 0.25) is 0 Å². The second-order valence-corrected chi connectivity index (χ2v) is 20.0. The maximum atomic E-state index is 12.7. The molecule has 0 radical (unpaired) electrons. The summed E-state index contributed by atoms with van der Waals surface area (Å²) < 4.78 is 34.4. The summed E-state index contributed by atoms with van der Waals surface area (Å²) in [6, 6.07) is 0. The number of nitrogens with zero attached hydrogens (tertiary/aromatic N) is 1. The molecule has 0 aliphatic carbocycles. The summed E-state index contributed by atoms with van der Waals surface area (Å²) >= 11 is 0. The van der Waals surface area contributed by atoms with Gasteiger partial charge in [0.1, 0.15) is 19.8 Å². The highest BCUT2D eigenvalue weighted by molar-refractivity contribution is 7.47. The molecular weight excluding hydrogens is 786 g/mol. The fourth-order valence-electron chi connectivity index (χ4n) is 7.24. The number of hydrogen-bond acceptors (Lipinski definition) is 7. The summed E-state index contributed by atoms with van der Waals surface area (Å²) in [5.41, 5.74) is 0. The third-order valence-corrected chi connectivity index (χ3v) is 12.2. The Hall–Kier alpha value is -1.51. The molecule has 0 aliphatic rings. The quantitative estimate of drug-likeness (QED) is 0.0212. The van der Waals surface area contributed by atoms with Gasteiger partial charge in [-0.25, -0.2) is 4.57 Å². The first-order valence-corrected chi connectivity index (χ1v) is 27.1. The zero-order chi connectivity index (χ0) is 45.0. The molecule has 360 valence electrons. The minimum atomic E-state index is -4.38. The standard InChI is InChI=1S/C51H98NO8P/c1-6-8-10-12-14-16-18-20-22-23-24-25-26-27-28-30-31-33-35-37-39-41-43-50(53)57-47-49(48-59-61(55,56)58-46-45-52(3,4)5)60-51(54)44-42-40-38-36-34-32-29-21-19-17-15-13-11-9-7-2/h17,19,21,29,49H,6-16,18,20,22-28,30-48H2,1-5H3/p+1/b19-17+,29-21+/t49-/m1/s1. The molecule has 0 aromatic heterocycles. The number of rotatable bonds is 47. The summed E-state index contributed by atoms with van der Waals surface area (Å²) in [5, 5.41) is 0. The fourth-order valence-corrected chi connectivity index (χ4v) is 7.98. The molecule has 9 nitrogen and oxygen atoms in total. The van der Waals surface area contributed by atoms with Crippen molar-refractivity contribution in [3.05, 3.63) is 24.3 Å². The lowest BCUT2D eigenvalue weighted by molar-refractivity contribution is -0.870. The minimum absolute atomic E-state index is 0.0305. The SMILES string of the molecule is CCCCCC/C=C/C=C/CCCCCCCC(=O)O[C@H](COC(=O)CCCCCCCCCCCCCCCCCCCCCCCC)COP(=O)(O)OCC[N+](C)(C)C. The lowest BCUT2D eigenvalue weighted by Gasteiger charge is -2.24. The predicted molar refractivity (Wildman–Crippen MR) is 257 cm³/mol. The van der Waals surface area contributed by atoms with Gasteiger partial charge in [-0.2, -0.15) is 0 Å². The number of allylic oxidation sites excluding steroid dienone is 4. The summed E-state index contributed by atoms with van der Waals surface area (Å²) in [4.78, 5) is 35.5. The third-order valence-electron chi connectivity index (χ3n) is 11.3. The molecule has 0 aromatic carbocycles. The summed E-state index contributed by atoms with van der Waals surface area (Å²) in [5.74, 6) is -0.804. The number of carbonyl (C=O) groups excluding carboxylic acids is 2. The van der Waals surface area contributed by atoms with Gasteiger partial charge in [-0.15, -0.1) is 0 Å². The number of phosphoric acid groups is 1. The number of quaternary nitrogens is 1. The smallest absolute Gasteiger partial charge is 0.462 e. The van der Waals surface area contributed by atoms with Crippen LogP contribution in [0.15, 0.2) is 24.3 Å². The molecule has 1 N–H and O–H groups in total. The van der Waals surface area contributed by atoms with E-state index in [1.165, 1.54) is 148 Å². The van der Waals surface area contributed by atoms with Crippen molar-refractivity contribution in [2.75, 3.05) is 47.5 Å². The van der Waals surface area contributed by atoms with Crippen LogP contribution in [0, 0.1) is 0 Å². The van der Waals surface area contributed by atoms with E-state index in [2.05, 4.69) is 38.2 Å². The number of phosphoric ester groups is 1. The molecule has 0 aromatic rings. The molecule has 1 unspecified atom stereocenters. The van der Waals surface area contributed by atoms with Crippen molar-refractivity contribution in [3.63, 3.8) is 0 Å². The molecule has 0 saturated heterocycles. The molecule has 0 rings (SSSR count). The van der Waals surface area contributed by atoms with Crippen molar-refractivity contribution in [3.8, 4) is 0 Å². The van der Waals surface area contributed by atoms with Crippen LogP contribution >= 0.6 is 7.82 Å². The first-order chi connectivity index (χ1) is 29.5. The van der Waals surface area contributed by atoms with Gasteiger partial charge in [0.2, 0.25) is 0 Å². The Morgan fingerprint density at radius 2 is 0.869 bits per heavy atom. The molecule has 61 heavy (non-hydrogen) atoms. The van der Waals surface area contributed by atoms with E-state index in [9.17, 15) is 19.0 Å². The molecule has 2 atom stereocenters. The minimum Gasteiger partial charge on any atom is -0.462 e. The van der Waals surface area contributed by atoms with Crippen LogP contribution in [0.4, 0.5) is 0 Å². The van der Waals surface area contributed by atoms with E-state index >= 15 is 0 Å². The number of esters is 2. The van der Waals surface area contributed by atoms with Crippen LogP contribution in [0.3, 0.4) is 0 Å². The van der Waals surface area contributed by atoms with Gasteiger partial charge in [0.05, 0.1) is 27.7 Å². The number of unbranched alkanes of at least 4 members (excludes halogenated alkanes) is 30. The van der Waals surface area contributed by atoms with Gasteiger partial charge in [0.25, 0.3) is 0 Å². The third kappa shape index (κ3) is 47.8. The van der Waals surface area contributed by atoms with Gasteiger partial charge in [0.15, 0.2) is 6.10 Å².